The third kappa shape index (κ3) is 6.35. The van der Waals surface area contributed by atoms with Gasteiger partial charge in [-0.05, 0) is 43.4 Å². The lowest BCUT2D eigenvalue weighted by atomic mass is 9.88. The summed E-state index contributed by atoms with van der Waals surface area (Å²) in [7, 11) is 0. The number of rotatable bonds is 10. The Bertz CT molecular complexity index is 1180. The highest BCUT2D eigenvalue weighted by atomic mass is 19.2. The van der Waals surface area contributed by atoms with Gasteiger partial charge in [0.05, 0.1) is 19.3 Å². The second-order valence-corrected chi connectivity index (χ2v) is 9.84. The average molecular weight is 515 g/mol. The Labute approximate surface area is 216 Å². The zero-order valence-corrected chi connectivity index (χ0v) is 21.5. The molecule has 1 heterocycles. The first-order valence-corrected chi connectivity index (χ1v) is 13.2. The van der Waals surface area contributed by atoms with Gasteiger partial charge < -0.3 is 9.47 Å². The van der Waals surface area contributed by atoms with Gasteiger partial charge in [0.15, 0.2) is 23.2 Å². The van der Waals surface area contributed by atoms with E-state index in [0.717, 1.165) is 37.7 Å². The van der Waals surface area contributed by atoms with Crippen LogP contribution < -0.4 is 4.74 Å². The Hall–Kier alpha value is -2.86. The maximum absolute atomic E-state index is 15.0. The van der Waals surface area contributed by atoms with Crippen molar-refractivity contribution in [3.8, 4) is 16.9 Å². The van der Waals surface area contributed by atoms with E-state index in [1.807, 2.05) is 19.1 Å². The van der Waals surface area contributed by atoms with E-state index in [9.17, 15) is 13.2 Å². The van der Waals surface area contributed by atoms with Gasteiger partial charge in [0.2, 0.25) is 5.82 Å². The molecule has 1 saturated heterocycles. The zero-order chi connectivity index (χ0) is 26.4. The monoisotopic (exact) mass is 514 g/mol. The molecule has 0 bridgehead atoms. The number of ether oxygens (including phenoxy) is 2. The predicted octanol–water partition coefficient (Wildman–Crippen LogP) is 9.20. The summed E-state index contributed by atoms with van der Waals surface area (Å²) in [4.78, 5) is 0. The first kappa shape index (κ1) is 27.2. The fourth-order valence-corrected chi connectivity index (χ4v) is 4.87. The van der Waals surface area contributed by atoms with Crippen LogP contribution in [-0.4, -0.2) is 13.2 Å². The molecule has 37 heavy (non-hydrogen) atoms. The average Bonchev–Trinajstić information content (AvgIpc) is 2.91. The van der Waals surface area contributed by atoms with Crippen LogP contribution in [0.5, 0.6) is 5.75 Å². The van der Waals surface area contributed by atoms with Crippen molar-refractivity contribution >= 4 is 0 Å². The number of unbranched alkanes of at least 4 members (excludes halogenated alkanes) is 4. The normalized spacial score (nSPS) is 17.7. The summed E-state index contributed by atoms with van der Waals surface area (Å²) in [5, 5.41) is 0. The predicted molar refractivity (Wildman–Crippen MR) is 138 cm³/mol. The number of halogens is 4. The molecule has 2 unspecified atom stereocenters. The van der Waals surface area contributed by atoms with Crippen molar-refractivity contribution in [3.63, 3.8) is 0 Å². The summed E-state index contributed by atoms with van der Waals surface area (Å²) in [6.45, 7) is 4.49. The smallest absolute Gasteiger partial charge is 0.200 e. The van der Waals surface area contributed by atoms with Crippen molar-refractivity contribution in [1.29, 1.82) is 0 Å². The van der Waals surface area contributed by atoms with Gasteiger partial charge in [-0.25, -0.2) is 13.2 Å². The molecule has 0 spiro atoms. The van der Waals surface area contributed by atoms with Gasteiger partial charge in [-0.3, -0.25) is 0 Å². The summed E-state index contributed by atoms with van der Waals surface area (Å²) in [5.41, 5.74) is 2.17. The van der Waals surface area contributed by atoms with Gasteiger partial charge >= 0.3 is 0 Å². The molecule has 2 nitrogen and oxygen atoms in total. The first-order chi connectivity index (χ1) is 17.9. The number of hydrogen-bond donors (Lipinski definition) is 0. The quantitative estimate of drug-likeness (QED) is 0.198. The number of benzene rings is 3. The molecule has 0 radical (unpaired) electrons. The van der Waals surface area contributed by atoms with E-state index in [0.29, 0.717) is 25.0 Å². The van der Waals surface area contributed by atoms with Crippen LogP contribution in [-0.2, 0) is 4.74 Å². The van der Waals surface area contributed by atoms with Crippen LogP contribution in [0.2, 0.25) is 0 Å². The molecular weight excluding hydrogens is 480 g/mol. The van der Waals surface area contributed by atoms with Crippen molar-refractivity contribution < 1.29 is 27.0 Å². The van der Waals surface area contributed by atoms with Crippen LogP contribution in [0.25, 0.3) is 11.1 Å². The van der Waals surface area contributed by atoms with E-state index in [1.54, 1.807) is 24.3 Å². The fraction of sp³-hybridized carbons (Fsp3) is 0.419. The summed E-state index contributed by atoms with van der Waals surface area (Å²) in [6, 6.07) is 13.3. The molecule has 1 aliphatic heterocycles. The van der Waals surface area contributed by atoms with Crippen LogP contribution in [0, 0.1) is 30.2 Å². The van der Waals surface area contributed by atoms with Crippen LogP contribution in [0.1, 0.15) is 80.6 Å². The van der Waals surface area contributed by atoms with Crippen LogP contribution in [0.15, 0.2) is 48.5 Å². The molecule has 2 atom stereocenters. The highest BCUT2D eigenvalue weighted by molar-refractivity contribution is 5.65. The molecule has 0 aromatic heterocycles. The highest BCUT2D eigenvalue weighted by Gasteiger charge is 2.30. The third-order valence-electron chi connectivity index (χ3n) is 7.12. The topological polar surface area (TPSA) is 18.5 Å². The molecule has 0 amide bonds. The molecule has 6 heteroatoms. The minimum Gasteiger partial charge on any atom is -0.490 e. The van der Waals surface area contributed by atoms with Gasteiger partial charge in [-0.15, -0.1) is 0 Å². The zero-order valence-electron chi connectivity index (χ0n) is 21.5. The Morgan fingerprint density at radius 2 is 1.46 bits per heavy atom. The molecule has 4 rings (SSSR count). The summed E-state index contributed by atoms with van der Waals surface area (Å²) in [5.74, 6) is -4.24. The van der Waals surface area contributed by atoms with E-state index in [-0.39, 0.29) is 35.0 Å². The Morgan fingerprint density at radius 3 is 2.16 bits per heavy atom. The molecular formula is C31H34F4O2. The highest BCUT2D eigenvalue weighted by Crippen LogP contribution is 2.40. The standard InChI is InChI=1S/C31H34F4O2/c1-3-4-5-6-7-18-36-27-17-15-24(29(33)31(27)35)22-12-16-26(37-19-22)25-14-13-23(28(32)30(25)34)21-10-8-20(2)9-11-21/h8-11,13-15,17,22,26H,3-7,12,16,18-19H2,1-2H3. The SMILES string of the molecule is CCCCCCCOc1ccc(C2CCC(c3ccc(-c4ccc(C)cc4)c(F)c3F)OC2)c(F)c1F. The van der Waals surface area contributed by atoms with Gasteiger partial charge in [-0.1, -0.05) is 80.6 Å². The first-order valence-electron chi connectivity index (χ1n) is 13.2. The van der Waals surface area contributed by atoms with Gasteiger partial charge in [0.25, 0.3) is 0 Å². The maximum Gasteiger partial charge on any atom is 0.200 e. The third-order valence-corrected chi connectivity index (χ3v) is 7.12. The minimum atomic E-state index is -0.993. The Kier molecular flexibility index (Phi) is 9.25. The van der Waals surface area contributed by atoms with E-state index < -0.39 is 29.4 Å². The molecule has 198 valence electrons. The summed E-state index contributed by atoms with van der Waals surface area (Å²) >= 11 is 0. The van der Waals surface area contributed by atoms with Gasteiger partial charge in [0, 0.05) is 17.0 Å². The molecule has 0 saturated carbocycles. The lowest BCUT2D eigenvalue weighted by Crippen LogP contribution is -2.21. The lowest BCUT2D eigenvalue weighted by Gasteiger charge is -2.30. The second-order valence-electron chi connectivity index (χ2n) is 9.84. The largest absolute Gasteiger partial charge is 0.490 e. The van der Waals surface area contributed by atoms with E-state index in [1.165, 1.54) is 12.1 Å². The van der Waals surface area contributed by atoms with Crippen molar-refractivity contribution in [1.82, 2.24) is 0 Å². The van der Waals surface area contributed by atoms with Crippen molar-refractivity contribution in [2.45, 2.75) is 70.8 Å². The molecule has 3 aromatic rings. The summed E-state index contributed by atoms with van der Waals surface area (Å²) < 4.78 is 70.7. The van der Waals surface area contributed by atoms with Crippen LogP contribution >= 0.6 is 0 Å². The summed E-state index contributed by atoms with van der Waals surface area (Å²) in [6.07, 6.45) is 5.36. The van der Waals surface area contributed by atoms with E-state index >= 15 is 4.39 Å². The molecule has 0 aliphatic carbocycles. The van der Waals surface area contributed by atoms with Crippen molar-refractivity contribution in [3.05, 3.63) is 88.5 Å². The van der Waals surface area contributed by atoms with Gasteiger partial charge in [0.1, 0.15) is 0 Å². The Balaban J connectivity index is 1.38. The van der Waals surface area contributed by atoms with Crippen LogP contribution in [0.3, 0.4) is 0 Å². The number of aryl methyl sites for hydroxylation is 1. The second kappa shape index (κ2) is 12.6. The fourth-order valence-electron chi connectivity index (χ4n) is 4.87. The lowest BCUT2D eigenvalue weighted by molar-refractivity contribution is -0.000660. The van der Waals surface area contributed by atoms with Gasteiger partial charge in [-0.2, -0.15) is 4.39 Å². The molecule has 1 aliphatic rings. The van der Waals surface area contributed by atoms with E-state index in [4.69, 9.17) is 9.47 Å². The maximum atomic E-state index is 15.0. The van der Waals surface area contributed by atoms with Crippen molar-refractivity contribution in [2.75, 3.05) is 13.2 Å². The molecule has 0 N–H and O–H groups in total. The van der Waals surface area contributed by atoms with E-state index in [2.05, 4.69) is 6.92 Å². The molecule has 3 aromatic carbocycles. The Morgan fingerprint density at radius 1 is 0.757 bits per heavy atom. The van der Waals surface area contributed by atoms with Crippen LogP contribution in [0.4, 0.5) is 17.6 Å². The number of hydrogen-bond acceptors (Lipinski definition) is 2. The van der Waals surface area contributed by atoms with Crippen molar-refractivity contribution in [2.24, 2.45) is 0 Å². The molecule has 1 fully saturated rings. The minimum absolute atomic E-state index is 0.0828.